The highest BCUT2D eigenvalue weighted by Gasteiger charge is 2.40. The second-order valence-corrected chi connectivity index (χ2v) is 7.01. The van der Waals surface area contributed by atoms with E-state index in [0.717, 1.165) is 17.1 Å². The second kappa shape index (κ2) is 6.69. The Labute approximate surface area is 151 Å². The summed E-state index contributed by atoms with van der Waals surface area (Å²) in [6, 6.07) is 4.41. The number of ether oxygens (including phenoxy) is 1. The van der Waals surface area contributed by atoms with Gasteiger partial charge in [0.1, 0.15) is 11.4 Å². The first-order valence-corrected chi connectivity index (χ1v) is 8.70. The largest absolute Gasteiger partial charge is 0.483 e. The summed E-state index contributed by atoms with van der Waals surface area (Å²) in [5.74, 6) is 0.480. The Hall–Kier alpha value is -2.45. The van der Waals surface area contributed by atoms with Crippen LogP contribution in [0.25, 0.3) is 5.70 Å². The minimum atomic E-state index is -0.766. The van der Waals surface area contributed by atoms with Crippen molar-refractivity contribution in [3.8, 4) is 5.75 Å². The van der Waals surface area contributed by atoms with E-state index in [1.54, 1.807) is 11.0 Å². The van der Waals surface area contributed by atoms with Gasteiger partial charge in [-0.1, -0.05) is 6.92 Å². The molecule has 1 aromatic rings. The fraction of sp³-hybridized carbons (Fsp3) is 0.500. The van der Waals surface area contributed by atoms with E-state index in [1.165, 1.54) is 12.1 Å². The Kier molecular flexibility index (Phi) is 4.72. The molecule has 1 fully saturated rings. The SMILES string of the molecule is CCN(O)CC1=C(N2CCCC2=O)c2cc([N+](=O)[O-])ccc2OC1(C)C. The van der Waals surface area contributed by atoms with Gasteiger partial charge in [-0.25, -0.2) is 0 Å². The first kappa shape index (κ1) is 18.3. The van der Waals surface area contributed by atoms with Crippen LogP contribution in [0.2, 0.25) is 0 Å². The monoisotopic (exact) mass is 361 g/mol. The van der Waals surface area contributed by atoms with Crippen molar-refractivity contribution in [2.75, 3.05) is 19.6 Å². The van der Waals surface area contributed by atoms with Crippen molar-refractivity contribution in [3.63, 3.8) is 0 Å². The lowest BCUT2D eigenvalue weighted by molar-refractivity contribution is -0.384. The molecule has 0 unspecified atom stereocenters. The lowest BCUT2D eigenvalue weighted by Gasteiger charge is -2.40. The average molecular weight is 361 g/mol. The van der Waals surface area contributed by atoms with Gasteiger partial charge in [-0.3, -0.25) is 14.9 Å². The van der Waals surface area contributed by atoms with Crippen LogP contribution in [0.15, 0.2) is 23.8 Å². The van der Waals surface area contributed by atoms with Crippen LogP contribution < -0.4 is 4.74 Å². The Morgan fingerprint density at radius 1 is 1.42 bits per heavy atom. The van der Waals surface area contributed by atoms with E-state index in [4.69, 9.17) is 4.74 Å². The van der Waals surface area contributed by atoms with E-state index in [0.29, 0.717) is 36.5 Å². The van der Waals surface area contributed by atoms with E-state index in [9.17, 15) is 20.1 Å². The number of carbonyl (C=O) groups excluding carboxylic acids is 1. The smallest absolute Gasteiger partial charge is 0.270 e. The summed E-state index contributed by atoms with van der Waals surface area (Å²) in [6.07, 6.45) is 1.18. The van der Waals surface area contributed by atoms with Crippen LogP contribution in [0.4, 0.5) is 5.69 Å². The first-order valence-electron chi connectivity index (χ1n) is 8.70. The number of fused-ring (bicyclic) bond motifs is 1. The van der Waals surface area contributed by atoms with Gasteiger partial charge in [0, 0.05) is 42.8 Å². The molecule has 2 aliphatic heterocycles. The summed E-state index contributed by atoms with van der Waals surface area (Å²) in [4.78, 5) is 24.9. The summed E-state index contributed by atoms with van der Waals surface area (Å²) in [6.45, 7) is 6.70. The highest BCUT2D eigenvalue weighted by Crippen LogP contribution is 2.44. The highest BCUT2D eigenvalue weighted by molar-refractivity contribution is 5.92. The van der Waals surface area contributed by atoms with Gasteiger partial charge in [0.2, 0.25) is 5.91 Å². The fourth-order valence-corrected chi connectivity index (χ4v) is 3.44. The zero-order valence-electron chi connectivity index (χ0n) is 15.2. The molecule has 1 saturated heterocycles. The standard InChI is InChI=1S/C18H23N3O5/c1-4-19(23)11-14-17(20-9-5-6-16(20)22)13-10-12(21(24)25)7-8-15(13)26-18(14,2)3/h7-8,10,23H,4-6,9,11H2,1-3H3. The molecular weight excluding hydrogens is 338 g/mol. The van der Waals surface area contributed by atoms with Gasteiger partial charge in [0.25, 0.3) is 5.69 Å². The van der Waals surface area contributed by atoms with Gasteiger partial charge in [0.05, 0.1) is 17.2 Å². The zero-order valence-corrected chi connectivity index (χ0v) is 15.2. The van der Waals surface area contributed by atoms with Gasteiger partial charge < -0.3 is 14.8 Å². The molecule has 140 valence electrons. The van der Waals surface area contributed by atoms with Gasteiger partial charge in [0.15, 0.2) is 0 Å². The number of carbonyl (C=O) groups is 1. The number of non-ortho nitro benzene ring substituents is 1. The van der Waals surface area contributed by atoms with Gasteiger partial charge in [-0.2, -0.15) is 5.06 Å². The lowest BCUT2D eigenvalue weighted by Crippen LogP contribution is -2.43. The fourth-order valence-electron chi connectivity index (χ4n) is 3.44. The Morgan fingerprint density at radius 3 is 2.73 bits per heavy atom. The number of hydroxylamine groups is 2. The van der Waals surface area contributed by atoms with Crippen LogP contribution in [-0.2, 0) is 4.79 Å². The molecule has 2 heterocycles. The number of likely N-dealkylation sites (tertiary alicyclic amines) is 1. The third-order valence-corrected chi connectivity index (χ3v) is 4.86. The summed E-state index contributed by atoms with van der Waals surface area (Å²) >= 11 is 0. The minimum Gasteiger partial charge on any atom is -0.483 e. The molecule has 0 atom stereocenters. The number of nitro groups is 1. The number of nitrogens with zero attached hydrogens (tertiary/aromatic N) is 3. The van der Waals surface area contributed by atoms with Crippen LogP contribution in [0, 0.1) is 10.1 Å². The summed E-state index contributed by atoms with van der Waals surface area (Å²) in [5, 5.41) is 22.5. The molecule has 0 saturated carbocycles. The van der Waals surface area contributed by atoms with Gasteiger partial charge in [-0.05, 0) is 26.3 Å². The van der Waals surface area contributed by atoms with Crippen LogP contribution >= 0.6 is 0 Å². The predicted octanol–water partition coefficient (Wildman–Crippen LogP) is 2.81. The molecule has 1 amide bonds. The normalized spacial score (nSPS) is 19.0. The maximum Gasteiger partial charge on any atom is 0.270 e. The highest BCUT2D eigenvalue weighted by atomic mass is 16.6. The Morgan fingerprint density at radius 2 is 2.15 bits per heavy atom. The van der Waals surface area contributed by atoms with Crippen LogP contribution in [-0.4, -0.2) is 51.2 Å². The number of nitro benzene ring substituents is 1. The number of hydrogen-bond donors (Lipinski definition) is 1. The van der Waals surface area contributed by atoms with Crippen molar-refractivity contribution in [1.82, 2.24) is 9.96 Å². The van der Waals surface area contributed by atoms with E-state index in [-0.39, 0.29) is 18.1 Å². The molecule has 0 aliphatic carbocycles. The molecule has 8 nitrogen and oxygen atoms in total. The van der Waals surface area contributed by atoms with Crippen molar-refractivity contribution in [2.24, 2.45) is 0 Å². The first-order chi connectivity index (χ1) is 12.2. The quantitative estimate of drug-likeness (QED) is 0.640. The summed E-state index contributed by atoms with van der Waals surface area (Å²) in [5.41, 5.74) is 1.04. The zero-order chi connectivity index (χ0) is 19.1. The lowest BCUT2D eigenvalue weighted by atomic mass is 9.88. The Balaban J connectivity index is 2.24. The third-order valence-electron chi connectivity index (χ3n) is 4.86. The third kappa shape index (κ3) is 3.17. The van der Waals surface area contributed by atoms with E-state index in [1.807, 2.05) is 20.8 Å². The summed E-state index contributed by atoms with van der Waals surface area (Å²) in [7, 11) is 0. The van der Waals surface area contributed by atoms with Crippen molar-refractivity contribution < 1.29 is 19.7 Å². The number of benzene rings is 1. The molecule has 2 aliphatic rings. The van der Waals surface area contributed by atoms with E-state index < -0.39 is 10.5 Å². The second-order valence-electron chi connectivity index (χ2n) is 7.01. The molecule has 8 heteroatoms. The molecule has 3 rings (SSSR count). The average Bonchev–Trinajstić information content (AvgIpc) is 3.00. The molecule has 0 spiro atoms. The minimum absolute atomic E-state index is 0.0198. The molecule has 0 aromatic heterocycles. The molecule has 0 radical (unpaired) electrons. The van der Waals surface area contributed by atoms with Crippen molar-refractivity contribution >= 4 is 17.3 Å². The molecule has 1 N–H and O–H groups in total. The topological polar surface area (TPSA) is 96.2 Å². The van der Waals surface area contributed by atoms with E-state index in [2.05, 4.69) is 0 Å². The van der Waals surface area contributed by atoms with Crippen molar-refractivity contribution in [3.05, 3.63) is 39.4 Å². The van der Waals surface area contributed by atoms with Crippen molar-refractivity contribution in [1.29, 1.82) is 0 Å². The van der Waals surface area contributed by atoms with Crippen LogP contribution in [0.1, 0.15) is 39.2 Å². The molecule has 0 bridgehead atoms. The van der Waals surface area contributed by atoms with Crippen LogP contribution in [0.5, 0.6) is 5.75 Å². The maximum atomic E-state index is 12.5. The van der Waals surface area contributed by atoms with E-state index >= 15 is 0 Å². The molecular formula is C18H23N3O5. The molecule has 26 heavy (non-hydrogen) atoms. The number of hydrogen-bond acceptors (Lipinski definition) is 6. The predicted molar refractivity (Wildman–Crippen MR) is 94.7 cm³/mol. The number of rotatable bonds is 5. The molecule has 1 aromatic carbocycles. The van der Waals surface area contributed by atoms with Crippen molar-refractivity contribution in [2.45, 2.75) is 39.2 Å². The van der Waals surface area contributed by atoms with Gasteiger partial charge in [-0.15, -0.1) is 0 Å². The number of likely N-dealkylation sites (N-methyl/N-ethyl adjacent to an activating group) is 1. The van der Waals surface area contributed by atoms with Gasteiger partial charge >= 0.3 is 0 Å². The number of amides is 1. The summed E-state index contributed by atoms with van der Waals surface area (Å²) < 4.78 is 6.08. The maximum absolute atomic E-state index is 12.5. The van der Waals surface area contributed by atoms with Crippen LogP contribution in [0.3, 0.4) is 0 Å². The Bertz CT molecular complexity index is 787.